The van der Waals surface area contributed by atoms with Gasteiger partial charge in [-0.2, -0.15) is 8.42 Å². The molecular formula is C17H24N4O4S. The molecule has 2 heterocycles. The van der Waals surface area contributed by atoms with Crippen LogP contribution < -0.4 is 15.2 Å². The molecule has 0 unspecified atom stereocenters. The summed E-state index contributed by atoms with van der Waals surface area (Å²) < 4.78 is 35.1. The van der Waals surface area contributed by atoms with Crippen LogP contribution in [0.15, 0.2) is 22.6 Å². The summed E-state index contributed by atoms with van der Waals surface area (Å²) in [6.45, 7) is 3.09. The van der Waals surface area contributed by atoms with Gasteiger partial charge in [0.25, 0.3) is 0 Å². The predicted molar refractivity (Wildman–Crippen MR) is 99.5 cm³/mol. The molecule has 0 bridgehead atoms. The van der Waals surface area contributed by atoms with E-state index in [1.54, 1.807) is 18.2 Å². The molecule has 26 heavy (non-hydrogen) atoms. The molecule has 3 N–H and O–H groups in total. The van der Waals surface area contributed by atoms with Gasteiger partial charge in [-0.1, -0.05) is 13.0 Å². The standard InChI is InChI=1S/C17H24N4O4S/c1-2-6-15(22)21-10-4-3-7-12(21)11-25-14-9-5-8-13-16(14)17(18)20-26(23,24)19-13/h5,8-9,12,19H,2-4,6-7,10-11H2,1H3,(H2,18,20)/t12-/m1/s1. The molecule has 0 aromatic heterocycles. The Kier molecular flexibility index (Phi) is 5.36. The number of nitrogens with zero attached hydrogens (tertiary/aromatic N) is 2. The zero-order valence-corrected chi connectivity index (χ0v) is 15.6. The summed E-state index contributed by atoms with van der Waals surface area (Å²) in [7, 11) is -3.82. The molecule has 1 aromatic carbocycles. The maximum absolute atomic E-state index is 12.3. The molecule has 142 valence electrons. The first-order valence-electron chi connectivity index (χ1n) is 8.85. The molecule has 8 nitrogen and oxygen atoms in total. The number of likely N-dealkylation sites (tertiary alicyclic amines) is 1. The predicted octanol–water partition coefficient (Wildman–Crippen LogP) is 1.62. The van der Waals surface area contributed by atoms with Crippen LogP contribution in [0.4, 0.5) is 5.69 Å². The topological polar surface area (TPSA) is 114 Å². The summed E-state index contributed by atoms with van der Waals surface area (Å²) in [5.74, 6) is 0.515. The molecule has 9 heteroatoms. The van der Waals surface area contributed by atoms with Crippen molar-refractivity contribution < 1.29 is 17.9 Å². The van der Waals surface area contributed by atoms with Crippen LogP contribution in [-0.2, 0) is 15.0 Å². The molecule has 1 atom stereocenters. The monoisotopic (exact) mass is 380 g/mol. The van der Waals surface area contributed by atoms with Gasteiger partial charge in [0.2, 0.25) is 5.91 Å². The Morgan fingerprint density at radius 2 is 2.23 bits per heavy atom. The van der Waals surface area contributed by atoms with Gasteiger partial charge in [0.15, 0.2) is 5.84 Å². The van der Waals surface area contributed by atoms with Crippen LogP contribution >= 0.6 is 0 Å². The van der Waals surface area contributed by atoms with E-state index in [0.717, 1.165) is 32.2 Å². The van der Waals surface area contributed by atoms with Crippen LogP contribution in [0, 0.1) is 0 Å². The largest absolute Gasteiger partial charge is 0.491 e. The van der Waals surface area contributed by atoms with Crippen molar-refractivity contribution in [3.8, 4) is 5.75 Å². The van der Waals surface area contributed by atoms with E-state index in [1.807, 2.05) is 11.8 Å². The SMILES string of the molecule is CCCC(=O)N1CCCC[C@@H]1COc1cccc2c1C(N)=NS(=O)(=O)N2. The Balaban J connectivity index is 1.77. The molecule has 2 aliphatic heterocycles. The minimum atomic E-state index is -3.82. The Bertz CT molecular complexity index is 822. The lowest BCUT2D eigenvalue weighted by molar-refractivity contribution is -0.135. The third-order valence-corrected chi connectivity index (χ3v) is 5.50. The molecule has 3 rings (SSSR count). The van der Waals surface area contributed by atoms with Gasteiger partial charge < -0.3 is 15.4 Å². The number of amides is 1. The Morgan fingerprint density at radius 3 is 3.00 bits per heavy atom. The molecule has 0 radical (unpaired) electrons. The zero-order chi connectivity index (χ0) is 18.7. The number of hydrogen-bond acceptors (Lipinski definition) is 5. The minimum Gasteiger partial charge on any atom is -0.491 e. The van der Waals surface area contributed by atoms with Gasteiger partial charge in [0.05, 0.1) is 17.3 Å². The van der Waals surface area contributed by atoms with Gasteiger partial charge in [-0.3, -0.25) is 9.52 Å². The third kappa shape index (κ3) is 3.92. The van der Waals surface area contributed by atoms with Gasteiger partial charge in [-0.05, 0) is 37.8 Å². The number of rotatable bonds is 5. The van der Waals surface area contributed by atoms with Crippen molar-refractivity contribution in [3.05, 3.63) is 23.8 Å². The number of amidine groups is 1. The zero-order valence-electron chi connectivity index (χ0n) is 14.8. The number of nitrogens with two attached hydrogens (primary N) is 1. The third-order valence-electron chi connectivity index (χ3n) is 4.58. The van der Waals surface area contributed by atoms with Gasteiger partial charge >= 0.3 is 10.2 Å². The van der Waals surface area contributed by atoms with Crippen molar-refractivity contribution in [1.29, 1.82) is 0 Å². The number of hydrogen-bond donors (Lipinski definition) is 2. The van der Waals surface area contributed by atoms with Crippen molar-refractivity contribution in [3.63, 3.8) is 0 Å². The summed E-state index contributed by atoms with van der Waals surface area (Å²) in [6, 6.07) is 5.04. The van der Waals surface area contributed by atoms with E-state index in [2.05, 4.69) is 9.12 Å². The van der Waals surface area contributed by atoms with E-state index in [0.29, 0.717) is 30.0 Å². The first-order valence-corrected chi connectivity index (χ1v) is 10.3. The summed E-state index contributed by atoms with van der Waals surface area (Å²) in [5.41, 5.74) is 6.61. The Morgan fingerprint density at radius 1 is 1.42 bits per heavy atom. The summed E-state index contributed by atoms with van der Waals surface area (Å²) in [4.78, 5) is 14.2. The number of benzene rings is 1. The number of carbonyl (C=O) groups is 1. The molecule has 1 amide bonds. The maximum Gasteiger partial charge on any atom is 0.344 e. The second-order valence-electron chi connectivity index (χ2n) is 6.53. The molecule has 2 aliphatic rings. The average molecular weight is 380 g/mol. The lowest BCUT2D eigenvalue weighted by atomic mass is 10.0. The first kappa shape index (κ1) is 18.5. The van der Waals surface area contributed by atoms with Gasteiger partial charge in [0.1, 0.15) is 12.4 Å². The van der Waals surface area contributed by atoms with Crippen LogP contribution in [0.1, 0.15) is 44.6 Å². The van der Waals surface area contributed by atoms with Crippen LogP contribution in [0.2, 0.25) is 0 Å². The Labute approximate surface area is 153 Å². The second-order valence-corrected chi connectivity index (χ2v) is 7.87. The molecule has 0 saturated carbocycles. The fraction of sp³-hybridized carbons (Fsp3) is 0.529. The Hall–Kier alpha value is -2.29. The van der Waals surface area contributed by atoms with E-state index in [1.165, 1.54) is 0 Å². The highest BCUT2D eigenvalue weighted by molar-refractivity contribution is 7.91. The van der Waals surface area contributed by atoms with Gasteiger partial charge in [-0.25, -0.2) is 0 Å². The lowest BCUT2D eigenvalue weighted by Crippen LogP contribution is -2.46. The molecular weight excluding hydrogens is 356 g/mol. The van der Waals surface area contributed by atoms with Crippen LogP contribution in [0.5, 0.6) is 5.75 Å². The number of anilines is 1. The first-order chi connectivity index (χ1) is 12.4. The van der Waals surface area contributed by atoms with Gasteiger partial charge in [-0.15, -0.1) is 4.40 Å². The minimum absolute atomic E-state index is 0.0112. The van der Waals surface area contributed by atoms with E-state index < -0.39 is 10.2 Å². The van der Waals surface area contributed by atoms with Crippen molar-refractivity contribution in [1.82, 2.24) is 4.90 Å². The van der Waals surface area contributed by atoms with Crippen LogP contribution in [-0.4, -0.2) is 44.3 Å². The van der Waals surface area contributed by atoms with Crippen molar-refractivity contribution in [2.75, 3.05) is 17.9 Å². The van der Waals surface area contributed by atoms with E-state index >= 15 is 0 Å². The van der Waals surface area contributed by atoms with E-state index in [9.17, 15) is 13.2 Å². The second kappa shape index (κ2) is 7.53. The fourth-order valence-corrected chi connectivity index (χ4v) is 4.23. The fourth-order valence-electron chi connectivity index (χ4n) is 3.38. The van der Waals surface area contributed by atoms with Crippen LogP contribution in [0.3, 0.4) is 0 Å². The summed E-state index contributed by atoms with van der Waals surface area (Å²) >= 11 is 0. The average Bonchev–Trinajstić information content (AvgIpc) is 2.59. The molecule has 1 saturated heterocycles. The van der Waals surface area contributed by atoms with Crippen molar-refractivity contribution >= 4 is 27.6 Å². The highest BCUT2D eigenvalue weighted by Gasteiger charge is 2.28. The smallest absolute Gasteiger partial charge is 0.344 e. The number of ether oxygens (including phenoxy) is 1. The highest BCUT2D eigenvalue weighted by Crippen LogP contribution is 2.31. The molecule has 0 spiro atoms. The summed E-state index contributed by atoms with van der Waals surface area (Å²) in [5, 5.41) is 0. The number of fused-ring (bicyclic) bond motifs is 1. The molecule has 1 fully saturated rings. The number of nitrogens with one attached hydrogen (secondary N) is 1. The quantitative estimate of drug-likeness (QED) is 0.806. The van der Waals surface area contributed by atoms with Crippen molar-refractivity contribution in [2.24, 2.45) is 10.1 Å². The summed E-state index contributed by atoms with van der Waals surface area (Å²) in [6.07, 6.45) is 4.32. The number of carbonyl (C=O) groups excluding carboxylic acids is 1. The lowest BCUT2D eigenvalue weighted by Gasteiger charge is -2.36. The van der Waals surface area contributed by atoms with E-state index in [-0.39, 0.29) is 17.8 Å². The number of piperidine rings is 1. The molecule has 0 aliphatic carbocycles. The van der Waals surface area contributed by atoms with Gasteiger partial charge in [0, 0.05) is 13.0 Å². The highest BCUT2D eigenvalue weighted by atomic mass is 32.2. The molecule has 1 aromatic rings. The van der Waals surface area contributed by atoms with Crippen LogP contribution in [0.25, 0.3) is 0 Å². The maximum atomic E-state index is 12.3. The normalized spacial score (nSPS) is 21.3. The van der Waals surface area contributed by atoms with E-state index in [4.69, 9.17) is 10.5 Å². The van der Waals surface area contributed by atoms with Crippen molar-refractivity contribution in [2.45, 2.75) is 45.1 Å².